The molecule has 0 bridgehead atoms. The van der Waals surface area contributed by atoms with Crippen molar-refractivity contribution in [3.05, 3.63) is 57.0 Å². The predicted octanol–water partition coefficient (Wildman–Crippen LogP) is 5.69. The number of nitrogens with one attached hydrogen (secondary N) is 1. The first-order chi connectivity index (χ1) is 10.5. The van der Waals surface area contributed by atoms with Crippen molar-refractivity contribution in [1.29, 1.82) is 0 Å². The molecule has 22 heavy (non-hydrogen) atoms. The molecule has 0 aromatic heterocycles. The maximum atomic E-state index is 12.1. The molecule has 0 amide bonds. The van der Waals surface area contributed by atoms with Crippen LogP contribution in [-0.2, 0) is 0 Å². The largest absolute Gasteiger partial charge is 0.435 e. The molecule has 8 heteroatoms. The topological polar surface area (TPSA) is 33.6 Å². The average Bonchev–Trinajstić information content (AvgIpc) is 2.41. The second-order valence-electron chi connectivity index (χ2n) is 4.07. The Bertz CT molecular complexity index is 673. The number of hydrazone groups is 1. The molecular formula is C14H9Cl3F2N2O. The van der Waals surface area contributed by atoms with Gasteiger partial charge in [0.1, 0.15) is 5.75 Å². The van der Waals surface area contributed by atoms with Gasteiger partial charge in [0.2, 0.25) is 0 Å². The number of benzene rings is 2. The van der Waals surface area contributed by atoms with Gasteiger partial charge in [-0.05, 0) is 29.8 Å². The van der Waals surface area contributed by atoms with Gasteiger partial charge in [-0.1, -0.05) is 46.9 Å². The lowest BCUT2D eigenvalue weighted by Gasteiger charge is -2.07. The average molecular weight is 366 g/mol. The third-order valence-electron chi connectivity index (χ3n) is 2.48. The fourth-order valence-corrected chi connectivity index (χ4v) is 2.49. The van der Waals surface area contributed by atoms with E-state index in [1.54, 1.807) is 12.1 Å². The van der Waals surface area contributed by atoms with E-state index in [4.69, 9.17) is 34.8 Å². The molecule has 116 valence electrons. The fourth-order valence-electron chi connectivity index (χ4n) is 1.59. The van der Waals surface area contributed by atoms with Gasteiger partial charge in [0, 0.05) is 5.02 Å². The quantitative estimate of drug-likeness (QED) is 0.545. The van der Waals surface area contributed by atoms with E-state index in [-0.39, 0.29) is 5.75 Å². The highest BCUT2D eigenvalue weighted by Gasteiger charge is 2.07. The zero-order valence-electron chi connectivity index (χ0n) is 10.9. The summed E-state index contributed by atoms with van der Waals surface area (Å²) in [5.74, 6) is 0.0431. The molecule has 0 aliphatic rings. The van der Waals surface area contributed by atoms with Gasteiger partial charge in [0.25, 0.3) is 0 Å². The Morgan fingerprint density at radius 1 is 1.09 bits per heavy atom. The Hall–Kier alpha value is -1.56. The summed E-state index contributed by atoms with van der Waals surface area (Å²) in [6, 6.07) is 9.12. The summed E-state index contributed by atoms with van der Waals surface area (Å²) in [5.41, 5.74) is 3.63. The van der Waals surface area contributed by atoms with Crippen LogP contribution in [-0.4, -0.2) is 12.8 Å². The van der Waals surface area contributed by atoms with Crippen molar-refractivity contribution < 1.29 is 13.5 Å². The molecule has 0 saturated carbocycles. The predicted molar refractivity (Wildman–Crippen MR) is 85.8 cm³/mol. The summed E-state index contributed by atoms with van der Waals surface area (Å²) in [6.07, 6.45) is 1.42. The molecule has 2 rings (SSSR count). The van der Waals surface area contributed by atoms with E-state index < -0.39 is 6.61 Å². The van der Waals surface area contributed by atoms with Crippen molar-refractivity contribution in [2.24, 2.45) is 5.10 Å². The van der Waals surface area contributed by atoms with Gasteiger partial charge in [-0.25, -0.2) is 0 Å². The molecule has 0 aliphatic heterocycles. The van der Waals surface area contributed by atoms with Gasteiger partial charge in [0.05, 0.1) is 21.9 Å². The second kappa shape index (κ2) is 7.63. The molecule has 0 heterocycles. The Kier molecular flexibility index (Phi) is 5.83. The van der Waals surface area contributed by atoms with Crippen LogP contribution in [0.1, 0.15) is 5.56 Å². The van der Waals surface area contributed by atoms with E-state index in [0.29, 0.717) is 26.3 Å². The van der Waals surface area contributed by atoms with Crippen LogP contribution in [0.3, 0.4) is 0 Å². The SMILES string of the molecule is FC(F)Oc1cccc(/C=N/Nc2c(Cl)cc(Cl)cc2Cl)c1. The third-order valence-corrected chi connectivity index (χ3v) is 3.29. The number of nitrogens with zero attached hydrogens (tertiary/aromatic N) is 1. The van der Waals surface area contributed by atoms with Crippen LogP contribution in [0.2, 0.25) is 15.1 Å². The van der Waals surface area contributed by atoms with Gasteiger partial charge in [0.15, 0.2) is 0 Å². The Morgan fingerprint density at radius 3 is 2.41 bits per heavy atom. The Balaban J connectivity index is 2.10. The standard InChI is InChI=1S/C14H9Cl3F2N2O/c15-9-5-11(16)13(12(17)6-9)21-20-7-8-2-1-3-10(4-8)22-14(18)19/h1-7,14,21H/b20-7+. The molecular weight excluding hydrogens is 357 g/mol. The number of ether oxygens (including phenoxy) is 1. The van der Waals surface area contributed by atoms with Crippen LogP contribution in [0.5, 0.6) is 5.75 Å². The van der Waals surface area contributed by atoms with Crippen molar-refractivity contribution in [1.82, 2.24) is 0 Å². The lowest BCUT2D eigenvalue weighted by molar-refractivity contribution is -0.0498. The first kappa shape index (κ1) is 16.8. The molecule has 3 nitrogen and oxygen atoms in total. The van der Waals surface area contributed by atoms with Crippen LogP contribution < -0.4 is 10.2 Å². The number of rotatable bonds is 5. The van der Waals surface area contributed by atoms with Crippen LogP contribution in [0.4, 0.5) is 14.5 Å². The van der Waals surface area contributed by atoms with Gasteiger partial charge >= 0.3 is 6.61 Å². The highest BCUT2D eigenvalue weighted by molar-refractivity contribution is 6.41. The maximum absolute atomic E-state index is 12.1. The van der Waals surface area contributed by atoms with Crippen LogP contribution in [0, 0.1) is 0 Å². The minimum absolute atomic E-state index is 0.0431. The van der Waals surface area contributed by atoms with Gasteiger partial charge < -0.3 is 4.74 Å². The Morgan fingerprint density at radius 2 is 1.77 bits per heavy atom. The number of hydrogen-bond acceptors (Lipinski definition) is 3. The van der Waals surface area contributed by atoms with Crippen LogP contribution >= 0.6 is 34.8 Å². The van der Waals surface area contributed by atoms with Crippen molar-refractivity contribution in [3.8, 4) is 5.75 Å². The zero-order valence-corrected chi connectivity index (χ0v) is 13.1. The summed E-state index contributed by atoms with van der Waals surface area (Å²) in [7, 11) is 0. The molecule has 0 aliphatic carbocycles. The van der Waals surface area contributed by atoms with Crippen LogP contribution in [0.15, 0.2) is 41.5 Å². The summed E-state index contributed by atoms with van der Waals surface area (Å²) in [4.78, 5) is 0. The minimum atomic E-state index is -2.88. The van der Waals surface area contributed by atoms with Crippen molar-refractivity contribution in [2.75, 3.05) is 5.43 Å². The molecule has 2 aromatic carbocycles. The first-order valence-electron chi connectivity index (χ1n) is 5.94. The lowest BCUT2D eigenvalue weighted by Crippen LogP contribution is -2.02. The molecule has 0 fully saturated rings. The van der Waals surface area contributed by atoms with Crippen molar-refractivity contribution >= 4 is 46.7 Å². The van der Waals surface area contributed by atoms with E-state index in [2.05, 4.69) is 15.3 Å². The normalized spacial score (nSPS) is 11.2. The van der Waals surface area contributed by atoms with E-state index in [0.717, 1.165) is 0 Å². The summed E-state index contributed by atoms with van der Waals surface area (Å²) in [6.45, 7) is -2.88. The molecule has 0 spiro atoms. The second-order valence-corrected chi connectivity index (χ2v) is 5.32. The number of anilines is 1. The monoisotopic (exact) mass is 364 g/mol. The third kappa shape index (κ3) is 4.73. The summed E-state index contributed by atoms with van der Waals surface area (Å²) < 4.78 is 28.6. The maximum Gasteiger partial charge on any atom is 0.387 e. The molecule has 0 radical (unpaired) electrons. The molecule has 1 N–H and O–H groups in total. The highest BCUT2D eigenvalue weighted by Crippen LogP contribution is 2.33. The molecule has 0 saturated heterocycles. The molecule has 0 atom stereocenters. The van der Waals surface area contributed by atoms with E-state index >= 15 is 0 Å². The van der Waals surface area contributed by atoms with E-state index in [9.17, 15) is 8.78 Å². The number of halogens is 5. The Labute approximate surface area is 140 Å². The van der Waals surface area contributed by atoms with E-state index in [1.807, 2.05) is 0 Å². The lowest BCUT2D eigenvalue weighted by atomic mass is 10.2. The fraction of sp³-hybridized carbons (Fsp3) is 0.0714. The van der Waals surface area contributed by atoms with Crippen LogP contribution in [0.25, 0.3) is 0 Å². The van der Waals surface area contributed by atoms with Gasteiger partial charge in [-0.2, -0.15) is 13.9 Å². The zero-order chi connectivity index (χ0) is 16.1. The van der Waals surface area contributed by atoms with E-state index in [1.165, 1.54) is 30.5 Å². The highest BCUT2D eigenvalue weighted by atomic mass is 35.5. The van der Waals surface area contributed by atoms with Crippen molar-refractivity contribution in [2.45, 2.75) is 6.61 Å². The van der Waals surface area contributed by atoms with Gasteiger partial charge in [-0.3, -0.25) is 5.43 Å². The minimum Gasteiger partial charge on any atom is -0.435 e. The smallest absolute Gasteiger partial charge is 0.387 e. The number of alkyl halides is 2. The van der Waals surface area contributed by atoms with Gasteiger partial charge in [-0.15, -0.1) is 0 Å². The van der Waals surface area contributed by atoms with Crippen molar-refractivity contribution in [3.63, 3.8) is 0 Å². The molecule has 2 aromatic rings. The summed E-state index contributed by atoms with van der Waals surface area (Å²) in [5, 5.41) is 4.98. The number of hydrogen-bond donors (Lipinski definition) is 1. The molecule has 0 unspecified atom stereocenters. The first-order valence-corrected chi connectivity index (χ1v) is 7.07. The summed E-state index contributed by atoms with van der Waals surface area (Å²) >= 11 is 17.8.